The van der Waals surface area contributed by atoms with Crippen LogP contribution in [0.4, 0.5) is 0 Å². The van der Waals surface area contributed by atoms with E-state index in [0.717, 1.165) is 11.4 Å². The van der Waals surface area contributed by atoms with Gasteiger partial charge in [0, 0.05) is 18.0 Å². The second kappa shape index (κ2) is 5.70. The summed E-state index contributed by atoms with van der Waals surface area (Å²) >= 11 is 0. The fraction of sp³-hybridized carbons (Fsp3) is 0.636. The van der Waals surface area contributed by atoms with Crippen molar-refractivity contribution in [2.45, 2.75) is 46.6 Å². The summed E-state index contributed by atoms with van der Waals surface area (Å²) in [6.45, 7) is 9.52. The van der Waals surface area contributed by atoms with Crippen LogP contribution in [0.1, 0.15) is 45.5 Å². The van der Waals surface area contributed by atoms with Gasteiger partial charge in [0.05, 0.1) is 5.60 Å². The Kier molecular flexibility index (Phi) is 5.31. The molecule has 1 atom stereocenters. The van der Waals surface area contributed by atoms with Gasteiger partial charge in [-0.25, -0.2) is 9.97 Å². The van der Waals surface area contributed by atoms with E-state index in [1.165, 1.54) is 0 Å². The standard InChI is InChI=1S/C9H14N2O.C2H6/c1-4-9(3,12)8-5-10-7(2)11-6-8;1-2/h5-6,12H,4H2,1-3H3;1-2H3. The molecule has 80 valence electrons. The quantitative estimate of drug-likeness (QED) is 0.790. The fourth-order valence-electron chi connectivity index (χ4n) is 0.875. The highest BCUT2D eigenvalue weighted by Crippen LogP contribution is 2.21. The van der Waals surface area contributed by atoms with Gasteiger partial charge in [-0.3, -0.25) is 0 Å². The zero-order valence-electron chi connectivity index (χ0n) is 9.70. The van der Waals surface area contributed by atoms with E-state index in [4.69, 9.17) is 0 Å². The van der Waals surface area contributed by atoms with E-state index in [1.54, 1.807) is 19.3 Å². The molecular formula is C11H20N2O. The van der Waals surface area contributed by atoms with Crippen LogP contribution in [0.25, 0.3) is 0 Å². The van der Waals surface area contributed by atoms with Gasteiger partial charge in [0.15, 0.2) is 0 Å². The lowest BCUT2D eigenvalue weighted by Gasteiger charge is -2.20. The molecule has 0 aromatic carbocycles. The highest BCUT2D eigenvalue weighted by atomic mass is 16.3. The van der Waals surface area contributed by atoms with E-state index in [-0.39, 0.29) is 0 Å². The molecule has 0 aliphatic heterocycles. The Morgan fingerprint density at radius 1 is 1.29 bits per heavy atom. The fourth-order valence-corrected chi connectivity index (χ4v) is 0.875. The second-order valence-electron chi connectivity index (χ2n) is 3.15. The summed E-state index contributed by atoms with van der Waals surface area (Å²) in [5.41, 5.74) is -0.0242. The van der Waals surface area contributed by atoms with E-state index in [1.807, 2.05) is 27.7 Å². The van der Waals surface area contributed by atoms with Crippen molar-refractivity contribution in [2.75, 3.05) is 0 Å². The van der Waals surface area contributed by atoms with E-state index in [2.05, 4.69) is 9.97 Å². The molecule has 1 aromatic heterocycles. The lowest BCUT2D eigenvalue weighted by molar-refractivity contribution is 0.0523. The number of aromatic nitrogens is 2. The Hall–Kier alpha value is -0.960. The molecule has 14 heavy (non-hydrogen) atoms. The molecule has 0 bridgehead atoms. The smallest absolute Gasteiger partial charge is 0.125 e. The molecule has 0 fully saturated rings. The van der Waals surface area contributed by atoms with Gasteiger partial charge >= 0.3 is 0 Å². The van der Waals surface area contributed by atoms with Gasteiger partial charge in [-0.15, -0.1) is 0 Å². The first-order valence-corrected chi connectivity index (χ1v) is 5.08. The van der Waals surface area contributed by atoms with Crippen molar-refractivity contribution in [3.63, 3.8) is 0 Å². The van der Waals surface area contributed by atoms with Crippen molar-refractivity contribution in [1.29, 1.82) is 0 Å². The van der Waals surface area contributed by atoms with E-state index in [9.17, 15) is 5.11 Å². The molecule has 0 amide bonds. The minimum atomic E-state index is -0.798. The Labute approximate surface area is 86.2 Å². The van der Waals surface area contributed by atoms with E-state index < -0.39 is 5.60 Å². The van der Waals surface area contributed by atoms with Crippen LogP contribution in [0.15, 0.2) is 12.4 Å². The van der Waals surface area contributed by atoms with Gasteiger partial charge in [0.2, 0.25) is 0 Å². The number of rotatable bonds is 2. The molecule has 0 radical (unpaired) electrons. The number of hydrogen-bond donors (Lipinski definition) is 1. The first-order chi connectivity index (χ1) is 6.56. The summed E-state index contributed by atoms with van der Waals surface area (Å²) in [5, 5.41) is 9.81. The highest BCUT2D eigenvalue weighted by Gasteiger charge is 2.20. The zero-order valence-corrected chi connectivity index (χ0v) is 9.70. The van der Waals surface area contributed by atoms with Gasteiger partial charge in [-0.05, 0) is 20.3 Å². The van der Waals surface area contributed by atoms with Gasteiger partial charge < -0.3 is 5.11 Å². The summed E-state index contributed by atoms with van der Waals surface area (Å²) in [6.07, 6.45) is 4.01. The summed E-state index contributed by atoms with van der Waals surface area (Å²) in [7, 11) is 0. The SMILES string of the molecule is CC.CCC(C)(O)c1cnc(C)nc1. The van der Waals surface area contributed by atoms with Gasteiger partial charge in [-0.1, -0.05) is 20.8 Å². The molecule has 0 saturated carbocycles. The second-order valence-corrected chi connectivity index (χ2v) is 3.15. The predicted octanol–water partition coefficient (Wildman–Crippen LogP) is 2.43. The molecule has 1 rings (SSSR count). The average molecular weight is 196 g/mol. The molecule has 1 N–H and O–H groups in total. The first kappa shape index (κ1) is 13.0. The summed E-state index contributed by atoms with van der Waals surface area (Å²) in [4.78, 5) is 8.04. The van der Waals surface area contributed by atoms with Crippen LogP contribution in [-0.2, 0) is 5.60 Å². The molecule has 0 aliphatic rings. The Balaban J connectivity index is 0.000000791. The normalized spacial score (nSPS) is 13.9. The lowest BCUT2D eigenvalue weighted by Crippen LogP contribution is -2.20. The van der Waals surface area contributed by atoms with Gasteiger partial charge in [-0.2, -0.15) is 0 Å². The van der Waals surface area contributed by atoms with Crippen LogP contribution < -0.4 is 0 Å². The molecule has 0 saturated heterocycles. The first-order valence-electron chi connectivity index (χ1n) is 5.08. The van der Waals surface area contributed by atoms with Gasteiger partial charge in [0.25, 0.3) is 0 Å². The molecule has 0 spiro atoms. The third kappa shape index (κ3) is 3.42. The minimum absolute atomic E-state index is 0.666. The summed E-state index contributed by atoms with van der Waals surface area (Å²) < 4.78 is 0. The van der Waals surface area contributed by atoms with Gasteiger partial charge in [0.1, 0.15) is 5.82 Å². The van der Waals surface area contributed by atoms with Crippen LogP contribution >= 0.6 is 0 Å². The Bertz CT molecular complexity index is 254. The number of aliphatic hydroxyl groups is 1. The van der Waals surface area contributed by atoms with Crippen LogP contribution in [-0.4, -0.2) is 15.1 Å². The molecule has 3 heteroatoms. The van der Waals surface area contributed by atoms with Crippen molar-refractivity contribution in [3.8, 4) is 0 Å². The molecule has 1 heterocycles. The minimum Gasteiger partial charge on any atom is -0.385 e. The van der Waals surface area contributed by atoms with E-state index >= 15 is 0 Å². The van der Waals surface area contributed by atoms with Crippen LogP contribution in [0.5, 0.6) is 0 Å². The monoisotopic (exact) mass is 196 g/mol. The third-order valence-corrected chi connectivity index (χ3v) is 2.09. The molecule has 3 nitrogen and oxygen atoms in total. The van der Waals surface area contributed by atoms with Crippen LogP contribution in [0.2, 0.25) is 0 Å². The maximum absolute atomic E-state index is 9.81. The van der Waals surface area contributed by atoms with Crippen molar-refractivity contribution >= 4 is 0 Å². The molecule has 1 aromatic rings. The predicted molar refractivity (Wildman–Crippen MR) is 58.0 cm³/mol. The maximum atomic E-state index is 9.81. The average Bonchev–Trinajstić information content (AvgIpc) is 2.21. The summed E-state index contributed by atoms with van der Waals surface area (Å²) in [5.74, 6) is 0.727. The van der Waals surface area contributed by atoms with Crippen molar-refractivity contribution in [2.24, 2.45) is 0 Å². The number of aryl methyl sites for hydroxylation is 1. The largest absolute Gasteiger partial charge is 0.385 e. The zero-order chi connectivity index (χ0) is 11.2. The maximum Gasteiger partial charge on any atom is 0.125 e. The number of nitrogens with zero attached hydrogens (tertiary/aromatic N) is 2. The topological polar surface area (TPSA) is 46.0 Å². The summed E-state index contributed by atoms with van der Waals surface area (Å²) in [6, 6.07) is 0. The Morgan fingerprint density at radius 3 is 2.07 bits per heavy atom. The van der Waals surface area contributed by atoms with Crippen LogP contribution in [0, 0.1) is 6.92 Å². The van der Waals surface area contributed by atoms with E-state index in [0.29, 0.717) is 6.42 Å². The third-order valence-electron chi connectivity index (χ3n) is 2.09. The highest BCUT2D eigenvalue weighted by molar-refractivity contribution is 5.13. The lowest BCUT2D eigenvalue weighted by atomic mass is 9.96. The van der Waals surface area contributed by atoms with Crippen LogP contribution in [0.3, 0.4) is 0 Å². The molecule has 0 aliphatic carbocycles. The molecular weight excluding hydrogens is 176 g/mol. The van der Waals surface area contributed by atoms with Crippen molar-refractivity contribution in [1.82, 2.24) is 9.97 Å². The van der Waals surface area contributed by atoms with Crippen molar-refractivity contribution in [3.05, 3.63) is 23.8 Å². The molecule has 1 unspecified atom stereocenters. The number of hydrogen-bond acceptors (Lipinski definition) is 3. The Morgan fingerprint density at radius 2 is 1.71 bits per heavy atom. The van der Waals surface area contributed by atoms with Crippen molar-refractivity contribution < 1.29 is 5.11 Å².